The summed E-state index contributed by atoms with van der Waals surface area (Å²) < 4.78 is 0. The maximum atomic E-state index is 10.6. The number of benzene rings is 1. The second-order valence-electron chi connectivity index (χ2n) is 2.37. The minimum Gasteiger partial charge on any atom is -0.480 e. The zero-order valence-electron chi connectivity index (χ0n) is 6.30. The standard InChI is InChI=1S/C8H5BrCl2O2/c9-7(8(12)13)4-1-2-5(10)6(11)3-4/h1-3,7H,(H,12,13). The number of carboxylic acid groups (broad SMARTS) is 1. The third-order valence-corrected chi connectivity index (χ3v) is 3.11. The van der Waals surface area contributed by atoms with Crippen molar-refractivity contribution < 1.29 is 9.90 Å². The summed E-state index contributed by atoms with van der Waals surface area (Å²) in [6.07, 6.45) is 0. The Balaban J connectivity index is 3.03. The van der Waals surface area contributed by atoms with Crippen LogP contribution in [0, 0.1) is 0 Å². The molecule has 0 aliphatic carbocycles. The molecule has 1 aromatic rings. The Kier molecular flexibility index (Phi) is 3.59. The molecule has 5 heteroatoms. The van der Waals surface area contributed by atoms with E-state index in [9.17, 15) is 4.79 Å². The molecular formula is C8H5BrCl2O2. The van der Waals surface area contributed by atoms with Crippen LogP contribution in [0.3, 0.4) is 0 Å². The van der Waals surface area contributed by atoms with Gasteiger partial charge in [0, 0.05) is 0 Å². The van der Waals surface area contributed by atoms with E-state index in [0.29, 0.717) is 15.6 Å². The number of alkyl halides is 1. The van der Waals surface area contributed by atoms with Gasteiger partial charge in [0.2, 0.25) is 0 Å². The Bertz CT molecular complexity index is 341. The van der Waals surface area contributed by atoms with Crippen LogP contribution >= 0.6 is 39.1 Å². The number of halogens is 3. The minimum atomic E-state index is -0.960. The quantitative estimate of drug-likeness (QED) is 0.844. The summed E-state index contributed by atoms with van der Waals surface area (Å²) in [6, 6.07) is 4.70. The van der Waals surface area contributed by atoms with Gasteiger partial charge in [-0.2, -0.15) is 0 Å². The first-order valence-corrected chi connectivity index (χ1v) is 5.01. The molecule has 70 valence electrons. The van der Waals surface area contributed by atoms with E-state index in [1.165, 1.54) is 6.07 Å². The average Bonchev–Trinajstić information content (AvgIpc) is 2.08. The molecule has 1 N–H and O–H groups in total. The van der Waals surface area contributed by atoms with Crippen LogP contribution < -0.4 is 0 Å². The predicted octanol–water partition coefficient (Wildman–Crippen LogP) is 3.51. The van der Waals surface area contributed by atoms with Crippen LogP contribution in [0.5, 0.6) is 0 Å². The Morgan fingerprint density at radius 2 is 2.00 bits per heavy atom. The van der Waals surface area contributed by atoms with Gasteiger partial charge < -0.3 is 5.11 Å². The van der Waals surface area contributed by atoms with E-state index in [4.69, 9.17) is 28.3 Å². The fourth-order valence-electron chi connectivity index (χ4n) is 0.813. The van der Waals surface area contributed by atoms with Gasteiger partial charge >= 0.3 is 5.97 Å². The second kappa shape index (κ2) is 4.31. The topological polar surface area (TPSA) is 37.3 Å². The highest BCUT2D eigenvalue weighted by molar-refractivity contribution is 9.09. The van der Waals surface area contributed by atoms with Crippen LogP contribution in [0.25, 0.3) is 0 Å². The lowest BCUT2D eigenvalue weighted by atomic mass is 10.1. The van der Waals surface area contributed by atoms with Gasteiger partial charge in [-0.25, -0.2) is 0 Å². The molecule has 0 fully saturated rings. The molecule has 1 atom stereocenters. The van der Waals surface area contributed by atoms with Gasteiger partial charge in [0.1, 0.15) is 4.83 Å². The summed E-state index contributed by atoms with van der Waals surface area (Å²) >= 11 is 14.4. The lowest BCUT2D eigenvalue weighted by Crippen LogP contribution is -2.03. The number of carboxylic acids is 1. The third kappa shape index (κ3) is 2.59. The number of hydrogen-bond donors (Lipinski definition) is 1. The number of aliphatic carboxylic acids is 1. The van der Waals surface area contributed by atoms with Crippen molar-refractivity contribution >= 4 is 45.1 Å². The van der Waals surface area contributed by atoms with Crippen molar-refractivity contribution in [2.45, 2.75) is 4.83 Å². The van der Waals surface area contributed by atoms with E-state index in [1.807, 2.05) is 0 Å². The van der Waals surface area contributed by atoms with Crippen LogP contribution in [0.4, 0.5) is 0 Å². The molecular weight excluding hydrogens is 279 g/mol. The first-order valence-electron chi connectivity index (χ1n) is 3.34. The SMILES string of the molecule is O=C(O)C(Br)c1ccc(Cl)c(Cl)c1. The number of rotatable bonds is 2. The largest absolute Gasteiger partial charge is 0.480 e. The summed E-state index contributed by atoms with van der Waals surface area (Å²) in [5, 5.41) is 9.44. The molecule has 0 amide bonds. The van der Waals surface area contributed by atoms with Crippen LogP contribution in [0.15, 0.2) is 18.2 Å². The van der Waals surface area contributed by atoms with E-state index in [2.05, 4.69) is 15.9 Å². The molecule has 1 rings (SSSR count). The van der Waals surface area contributed by atoms with Crippen LogP contribution in [-0.2, 0) is 4.79 Å². The molecule has 0 aliphatic rings. The lowest BCUT2D eigenvalue weighted by Gasteiger charge is -2.05. The first kappa shape index (κ1) is 10.8. The summed E-state index contributed by atoms with van der Waals surface area (Å²) in [6.45, 7) is 0. The lowest BCUT2D eigenvalue weighted by molar-refractivity contribution is -0.136. The van der Waals surface area contributed by atoms with Gasteiger partial charge in [0.05, 0.1) is 10.0 Å². The molecule has 0 aromatic heterocycles. The fourth-order valence-corrected chi connectivity index (χ4v) is 1.40. The van der Waals surface area contributed by atoms with Gasteiger partial charge in [0.15, 0.2) is 0 Å². The van der Waals surface area contributed by atoms with Crippen LogP contribution in [0.2, 0.25) is 10.0 Å². The van der Waals surface area contributed by atoms with E-state index in [0.717, 1.165) is 0 Å². The van der Waals surface area contributed by atoms with Gasteiger partial charge in [-0.05, 0) is 17.7 Å². The fraction of sp³-hybridized carbons (Fsp3) is 0.125. The summed E-state index contributed by atoms with van der Waals surface area (Å²) in [7, 11) is 0. The molecule has 0 bridgehead atoms. The van der Waals surface area contributed by atoms with Gasteiger partial charge in [-0.1, -0.05) is 45.2 Å². The molecule has 1 unspecified atom stereocenters. The molecule has 0 saturated heterocycles. The van der Waals surface area contributed by atoms with Crippen LogP contribution in [0.1, 0.15) is 10.4 Å². The highest BCUT2D eigenvalue weighted by Crippen LogP contribution is 2.29. The first-order chi connectivity index (χ1) is 6.02. The molecule has 1 aromatic carbocycles. The average molecular weight is 284 g/mol. The van der Waals surface area contributed by atoms with Gasteiger partial charge in [0.25, 0.3) is 0 Å². The minimum absolute atomic E-state index is 0.352. The molecule has 0 spiro atoms. The van der Waals surface area contributed by atoms with E-state index in [-0.39, 0.29) is 0 Å². The van der Waals surface area contributed by atoms with Gasteiger partial charge in [-0.15, -0.1) is 0 Å². The summed E-state index contributed by atoms with van der Waals surface area (Å²) in [5.74, 6) is -0.960. The Labute approximate surface area is 93.6 Å². The molecule has 0 heterocycles. The Morgan fingerprint density at radius 1 is 1.38 bits per heavy atom. The van der Waals surface area contributed by atoms with Crippen molar-refractivity contribution in [1.82, 2.24) is 0 Å². The van der Waals surface area contributed by atoms with Crippen molar-refractivity contribution in [2.24, 2.45) is 0 Å². The Morgan fingerprint density at radius 3 is 2.46 bits per heavy atom. The third-order valence-electron chi connectivity index (χ3n) is 1.45. The van der Waals surface area contributed by atoms with E-state index < -0.39 is 10.8 Å². The number of hydrogen-bond acceptors (Lipinski definition) is 1. The van der Waals surface area contributed by atoms with Crippen LogP contribution in [-0.4, -0.2) is 11.1 Å². The highest BCUT2D eigenvalue weighted by atomic mass is 79.9. The van der Waals surface area contributed by atoms with Gasteiger partial charge in [-0.3, -0.25) is 4.79 Å². The monoisotopic (exact) mass is 282 g/mol. The summed E-state index contributed by atoms with van der Waals surface area (Å²) in [4.78, 5) is 9.83. The van der Waals surface area contributed by atoms with Crippen molar-refractivity contribution in [3.8, 4) is 0 Å². The zero-order chi connectivity index (χ0) is 10.0. The zero-order valence-corrected chi connectivity index (χ0v) is 9.40. The molecule has 13 heavy (non-hydrogen) atoms. The van der Waals surface area contributed by atoms with Crippen molar-refractivity contribution in [1.29, 1.82) is 0 Å². The number of carbonyl (C=O) groups is 1. The normalized spacial score (nSPS) is 12.5. The maximum absolute atomic E-state index is 10.6. The smallest absolute Gasteiger partial charge is 0.321 e. The van der Waals surface area contributed by atoms with Crippen molar-refractivity contribution in [2.75, 3.05) is 0 Å². The van der Waals surface area contributed by atoms with Crippen molar-refractivity contribution in [3.05, 3.63) is 33.8 Å². The van der Waals surface area contributed by atoms with E-state index in [1.54, 1.807) is 12.1 Å². The van der Waals surface area contributed by atoms with Crippen molar-refractivity contribution in [3.63, 3.8) is 0 Å². The summed E-state index contributed by atoms with van der Waals surface area (Å²) in [5.41, 5.74) is 0.571. The Hall–Kier alpha value is -0.250. The maximum Gasteiger partial charge on any atom is 0.321 e. The van der Waals surface area contributed by atoms with E-state index >= 15 is 0 Å². The molecule has 0 aliphatic heterocycles. The highest BCUT2D eigenvalue weighted by Gasteiger charge is 2.16. The molecule has 0 saturated carbocycles. The molecule has 2 nitrogen and oxygen atoms in total. The molecule has 0 radical (unpaired) electrons. The second-order valence-corrected chi connectivity index (χ2v) is 4.10. The predicted molar refractivity (Wildman–Crippen MR) is 55.8 cm³/mol.